The van der Waals surface area contributed by atoms with Crippen LogP contribution in [0, 0.1) is 0 Å². The van der Waals surface area contributed by atoms with Crippen molar-refractivity contribution in [2.24, 2.45) is 0 Å². The first-order chi connectivity index (χ1) is 7.09. The number of benzene rings is 1. The number of para-hydroxylation sites is 1. The quantitative estimate of drug-likeness (QED) is 0.819. The molecule has 0 unspecified atom stereocenters. The van der Waals surface area contributed by atoms with Gasteiger partial charge in [0, 0.05) is 17.7 Å². The summed E-state index contributed by atoms with van der Waals surface area (Å²) in [6.07, 6.45) is 2.31. The molecule has 0 aliphatic carbocycles. The van der Waals surface area contributed by atoms with Crippen LogP contribution >= 0.6 is 11.8 Å². The van der Waals surface area contributed by atoms with Crippen LogP contribution in [0.1, 0.15) is 6.42 Å². The zero-order valence-corrected chi connectivity index (χ0v) is 10.1. The van der Waals surface area contributed by atoms with Gasteiger partial charge in [0.15, 0.2) is 9.84 Å². The molecule has 1 aliphatic rings. The third-order valence-corrected chi connectivity index (χ3v) is 4.55. The van der Waals surface area contributed by atoms with Crippen LogP contribution in [-0.2, 0) is 9.84 Å². The first-order valence-corrected chi connectivity index (χ1v) is 7.66. The molecular weight excluding hydrogens is 230 g/mol. The van der Waals surface area contributed by atoms with E-state index in [9.17, 15) is 8.42 Å². The summed E-state index contributed by atoms with van der Waals surface area (Å²) in [7, 11) is -3.14. The van der Waals surface area contributed by atoms with Crippen molar-refractivity contribution in [3.05, 3.63) is 18.2 Å². The molecule has 3 nitrogen and oxygen atoms in total. The maximum absolute atomic E-state index is 11.6. The highest BCUT2D eigenvalue weighted by molar-refractivity contribution is 7.99. The maximum Gasteiger partial charge on any atom is 0.177 e. The van der Waals surface area contributed by atoms with Crippen LogP contribution in [0.15, 0.2) is 28.0 Å². The molecule has 1 aliphatic heterocycles. The van der Waals surface area contributed by atoms with Gasteiger partial charge in [-0.15, -0.1) is 11.8 Å². The molecule has 2 rings (SSSR count). The molecule has 0 aromatic heterocycles. The zero-order chi connectivity index (χ0) is 10.9. The number of hydrogen-bond acceptors (Lipinski definition) is 4. The number of thioether (sulfide) groups is 1. The van der Waals surface area contributed by atoms with Gasteiger partial charge in [-0.2, -0.15) is 0 Å². The summed E-state index contributed by atoms with van der Waals surface area (Å²) < 4.78 is 23.1. The van der Waals surface area contributed by atoms with Gasteiger partial charge >= 0.3 is 0 Å². The minimum Gasteiger partial charge on any atom is -0.383 e. The number of fused-ring (bicyclic) bond motifs is 1. The summed E-state index contributed by atoms with van der Waals surface area (Å²) in [6, 6.07) is 5.43. The van der Waals surface area contributed by atoms with E-state index in [1.54, 1.807) is 23.9 Å². The average Bonchev–Trinajstić information content (AvgIpc) is 2.39. The van der Waals surface area contributed by atoms with Crippen LogP contribution in [-0.4, -0.2) is 27.0 Å². The second-order valence-corrected chi connectivity index (χ2v) is 6.65. The number of nitrogens with one attached hydrogen (secondary N) is 1. The topological polar surface area (TPSA) is 46.2 Å². The normalized spacial score (nSPS) is 16.3. The van der Waals surface area contributed by atoms with Crippen molar-refractivity contribution in [2.75, 3.05) is 23.9 Å². The number of hydrogen-bond donors (Lipinski definition) is 1. The van der Waals surface area contributed by atoms with Gasteiger partial charge in [0.25, 0.3) is 0 Å². The van der Waals surface area contributed by atoms with Gasteiger partial charge in [0.1, 0.15) is 0 Å². The Balaban J connectivity index is 2.58. The van der Waals surface area contributed by atoms with Crippen molar-refractivity contribution >= 4 is 27.3 Å². The SMILES string of the molecule is CS(=O)(=O)c1cccc2c1NCCCS2. The van der Waals surface area contributed by atoms with Crippen LogP contribution < -0.4 is 5.32 Å². The molecule has 0 fully saturated rings. The van der Waals surface area contributed by atoms with E-state index >= 15 is 0 Å². The molecule has 0 atom stereocenters. The summed E-state index contributed by atoms with van der Waals surface area (Å²) in [4.78, 5) is 1.45. The fraction of sp³-hybridized carbons (Fsp3) is 0.400. The van der Waals surface area contributed by atoms with E-state index in [-0.39, 0.29) is 0 Å². The smallest absolute Gasteiger partial charge is 0.177 e. The lowest BCUT2D eigenvalue weighted by Gasteiger charge is -2.11. The van der Waals surface area contributed by atoms with Crippen LogP contribution in [0.5, 0.6) is 0 Å². The molecule has 1 aromatic carbocycles. The molecule has 0 spiro atoms. The molecule has 0 amide bonds. The lowest BCUT2D eigenvalue weighted by molar-refractivity contribution is 0.602. The van der Waals surface area contributed by atoms with Crippen molar-refractivity contribution in [1.82, 2.24) is 0 Å². The number of rotatable bonds is 1. The van der Waals surface area contributed by atoms with Crippen molar-refractivity contribution < 1.29 is 8.42 Å². The Kier molecular flexibility index (Phi) is 2.93. The predicted octanol–water partition coefficient (Wildman–Crippen LogP) is 2.00. The monoisotopic (exact) mass is 243 g/mol. The molecule has 5 heteroatoms. The third kappa shape index (κ3) is 2.29. The first kappa shape index (κ1) is 10.8. The molecular formula is C10H13NO2S2. The van der Waals surface area contributed by atoms with Crippen molar-refractivity contribution in [2.45, 2.75) is 16.2 Å². The molecule has 15 heavy (non-hydrogen) atoms. The Morgan fingerprint density at radius 2 is 2.20 bits per heavy atom. The second kappa shape index (κ2) is 4.06. The Morgan fingerprint density at radius 3 is 2.93 bits per heavy atom. The highest BCUT2D eigenvalue weighted by Crippen LogP contribution is 2.35. The summed E-state index contributed by atoms with van der Waals surface area (Å²) in [5.41, 5.74) is 0.780. The molecule has 0 radical (unpaired) electrons. The molecule has 0 saturated heterocycles. The van der Waals surface area contributed by atoms with E-state index in [2.05, 4.69) is 5.32 Å². The molecule has 1 heterocycles. The maximum atomic E-state index is 11.6. The highest BCUT2D eigenvalue weighted by atomic mass is 32.2. The predicted molar refractivity (Wildman–Crippen MR) is 63.4 cm³/mol. The van der Waals surface area contributed by atoms with Crippen LogP contribution in [0.4, 0.5) is 5.69 Å². The number of anilines is 1. The number of sulfone groups is 1. The lowest BCUT2D eigenvalue weighted by Crippen LogP contribution is -2.06. The lowest BCUT2D eigenvalue weighted by atomic mass is 10.3. The largest absolute Gasteiger partial charge is 0.383 e. The average molecular weight is 243 g/mol. The van der Waals surface area contributed by atoms with Crippen LogP contribution in [0.25, 0.3) is 0 Å². The van der Waals surface area contributed by atoms with E-state index in [1.165, 1.54) is 6.26 Å². The first-order valence-electron chi connectivity index (χ1n) is 4.79. The van der Waals surface area contributed by atoms with E-state index < -0.39 is 9.84 Å². The van der Waals surface area contributed by atoms with Gasteiger partial charge in [-0.1, -0.05) is 6.07 Å². The van der Waals surface area contributed by atoms with Crippen molar-refractivity contribution in [3.8, 4) is 0 Å². The van der Waals surface area contributed by atoms with E-state index in [4.69, 9.17) is 0 Å². The van der Waals surface area contributed by atoms with Crippen molar-refractivity contribution in [1.29, 1.82) is 0 Å². The van der Waals surface area contributed by atoms with Crippen molar-refractivity contribution in [3.63, 3.8) is 0 Å². The summed E-state index contributed by atoms with van der Waals surface area (Å²) in [6.45, 7) is 0.840. The van der Waals surface area contributed by atoms with Gasteiger partial charge in [-0.3, -0.25) is 0 Å². The van der Waals surface area contributed by atoms with Crippen LogP contribution in [0.3, 0.4) is 0 Å². The fourth-order valence-electron chi connectivity index (χ4n) is 1.58. The minimum absolute atomic E-state index is 0.411. The second-order valence-electron chi connectivity index (χ2n) is 3.53. The molecule has 1 aromatic rings. The zero-order valence-electron chi connectivity index (χ0n) is 8.49. The standard InChI is InChI=1S/C10H13NO2S2/c1-15(12,13)9-5-2-4-8-10(9)11-6-3-7-14-8/h2,4-5,11H,3,6-7H2,1H3. The third-order valence-electron chi connectivity index (χ3n) is 2.27. The van der Waals surface area contributed by atoms with Gasteiger partial charge in [-0.05, 0) is 24.3 Å². The van der Waals surface area contributed by atoms with Gasteiger partial charge in [0.05, 0.1) is 10.6 Å². The van der Waals surface area contributed by atoms with E-state index in [0.717, 1.165) is 29.3 Å². The van der Waals surface area contributed by atoms with Gasteiger partial charge < -0.3 is 5.32 Å². The Bertz CT molecular complexity index is 468. The fourth-order valence-corrected chi connectivity index (χ4v) is 3.54. The Morgan fingerprint density at radius 1 is 1.40 bits per heavy atom. The van der Waals surface area contributed by atoms with Crippen LogP contribution in [0.2, 0.25) is 0 Å². The molecule has 1 N–H and O–H groups in total. The van der Waals surface area contributed by atoms with E-state index in [0.29, 0.717) is 4.90 Å². The minimum atomic E-state index is -3.14. The molecule has 82 valence electrons. The van der Waals surface area contributed by atoms with E-state index in [1.807, 2.05) is 6.07 Å². The molecule has 0 saturated carbocycles. The van der Waals surface area contributed by atoms with Gasteiger partial charge in [-0.25, -0.2) is 8.42 Å². The summed E-state index contributed by atoms with van der Waals surface area (Å²) >= 11 is 1.71. The Hall–Kier alpha value is -0.680. The molecule has 0 bridgehead atoms. The summed E-state index contributed by atoms with van der Waals surface area (Å²) in [5, 5.41) is 3.20. The Labute approximate surface area is 94.2 Å². The summed E-state index contributed by atoms with van der Waals surface area (Å²) in [5.74, 6) is 1.03. The highest BCUT2D eigenvalue weighted by Gasteiger charge is 2.17. The van der Waals surface area contributed by atoms with Gasteiger partial charge in [0.2, 0.25) is 0 Å².